The molecule has 0 unspecified atom stereocenters. The summed E-state index contributed by atoms with van der Waals surface area (Å²) in [5, 5.41) is 6.96. The normalized spacial score (nSPS) is 19.4. The van der Waals surface area contributed by atoms with Gasteiger partial charge in [-0.3, -0.25) is 9.89 Å². The molecular formula is C12H18N4O. The fourth-order valence-electron chi connectivity index (χ4n) is 2.11. The Morgan fingerprint density at radius 1 is 1.41 bits per heavy atom. The van der Waals surface area contributed by atoms with E-state index in [2.05, 4.69) is 22.1 Å². The van der Waals surface area contributed by atoms with Crippen LogP contribution in [0.3, 0.4) is 0 Å². The molecule has 1 amide bonds. The number of carbonyl (C=O) groups is 1. The van der Waals surface area contributed by atoms with Crippen LogP contribution in [0.1, 0.15) is 61.4 Å². The van der Waals surface area contributed by atoms with Crippen molar-refractivity contribution in [2.75, 3.05) is 6.54 Å². The SMILES string of the molecule is CCCN(C(=O)c1n[nH]c(C2CC2)n1)C1CC1. The second kappa shape index (κ2) is 4.13. The first kappa shape index (κ1) is 10.7. The highest BCUT2D eigenvalue weighted by Gasteiger charge is 2.35. The van der Waals surface area contributed by atoms with Gasteiger partial charge in [0.1, 0.15) is 5.82 Å². The van der Waals surface area contributed by atoms with E-state index in [1.165, 1.54) is 12.8 Å². The Balaban J connectivity index is 1.73. The van der Waals surface area contributed by atoms with E-state index in [-0.39, 0.29) is 5.91 Å². The molecule has 0 aliphatic heterocycles. The number of carbonyl (C=O) groups excluding carboxylic acids is 1. The Bertz CT molecular complexity index is 420. The lowest BCUT2D eigenvalue weighted by molar-refractivity contribution is 0.0731. The lowest BCUT2D eigenvalue weighted by Gasteiger charge is -2.19. The van der Waals surface area contributed by atoms with E-state index in [1.54, 1.807) is 0 Å². The molecule has 1 aromatic heterocycles. The molecule has 92 valence electrons. The molecule has 0 saturated heterocycles. The van der Waals surface area contributed by atoms with Gasteiger partial charge in [-0.2, -0.15) is 0 Å². The van der Waals surface area contributed by atoms with Crippen LogP contribution in [-0.4, -0.2) is 38.6 Å². The summed E-state index contributed by atoms with van der Waals surface area (Å²) in [6, 6.07) is 0.435. The standard InChI is InChI=1S/C12H18N4O/c1-2-7-16(9-5-6-9)12(17)11-13-10(14-15-11)8-3-4-8/h8-9H,2-7H2,1H3,(H,13,14,15). The lowest BCUT2D eigenvalue weighted by Crippen LogP contribution is -2.34. The van der Waals surface area contributed by atoms with Gasteiger partial charge in [0.2, 0.25) is 5.82 Å². The topological polar surface area (TPSA) is 61.9 Å². The molecule has 2 saturated carbocycles. The van der Waals surface area contributed by atoms with Crippen molar-refractivity contribution >= 4 is 5.91 Å². The van der Waals surface area contributed by atoms with Crippen molar-refractivity contribution < 1.29 is 4.79 Å². The molecule has 1 heterocycles. The molecule has 0 radical (unpaired) electrons. The maximum atomic E-state index is 12.3. The minimum Gasteiger partial charge on any atom is -0.333 e. The zero-order valence-corrected chi connectivity index (χ0v) is 10.1. The van der Waals surface area contributed by atoms with Crippen LogP contribution in [0.5, 0.6) is 0 Å². The smallest absolute Gasteiger partial charge is 0.293 e. The van der Waals surface area contributed by atoms with Crippen LogP contribution in [-0.2, 0) is 0 Å². The Morgan fingerprint density at radius 2 is 2.18 bits per heavy atom. The first-order valence-electron chi connectivity index (χ1n) is 6.53. The van der Waals surface area contributed by atoms with Crippen LogP contribution in [0, 0.1) is 0 Å². The Hall–Kier alpha value is -1.39. The third-order valence-corrected chi connectivity index (χ3v) is 3.37. The molecule has 3 rings (SSSR count). The van der Waals surface area contributed by atoms with Gasteiger partial charge in [0.15, 0.2) is 0 Å². The summed E-state index contributed by atoms with van der Waals surface area (Å²) in [6.45, 7) is 2.91. The number of H-pyrrole nitrogens is 1. The maximum Gasteiger partial charge on any atom is 0.293 e. The number of hydrogen-bond donors (Lipinski definition) is 1. The van der Waals surface area contributed by atoms with E-state index in [9.17, 15) is 4.79 Å². The largest absolute Gasteiger partial charge is 0.333 e. The minimum atomic E-state index is -0.00231. The highest BCUT2D eigenvalue weighted by molar-refractivity contribution is 5.90. The summed E-state index contributed by atoms with van der Waals surface area (Å²) >= 11 is 0. The molecule has 2 aliphatic carbocycles. The molecule has 1 aromatic rings. The van der Waals surface area contributed by atoms with Crippen LogP contribution < -0.4 is 0 Å². The summed E-state index contributed by atoms with van der Waals surface area (Å²) in [7, 11) is 0. The predicted octanol–water partition coefficient (Wildman–Crippen LogP) is 1.70. The van der Waals surface area contributed by atoms with Crippen molar-refractivity contribution in [3.8, 4) is 0 Å². The Labute approximate surface area is 101 Å². The first-order chi connectivity index (χ1) is 8.29. The molecule has 5 nitrogen and oxygen atoms in total. The maximum absolute atomic E-state index is 12.3. The van der Waals surface area contributed by atoms with Gasteiger partial charge in [0.05, 0.1) is 0 Å². The van der Waals surface area contributed by atoms with Crippen LogP contribution in [0.15, 0.2) is 0 Å². The van der Waals surface area contributed by atoms with Gasteiger partial charge >= 0.3 is 0 Å². The van der Waals surface area contributed by atoms with Gasteiger partial charge < -0.3 is 4.90 Å². The number of nitrogens with one attached hydrogen (secondary N) is 1. The van der Waals surface area contributed by atoms with Crippen molar-refractivity contribution in [1.82, 2.24) is 20.1 Å². The van der Waals surface area contributed by atoms with Gasteiger partial charge in [-0.05, 0) is 32.1 Å². The zero-order valence-electron chi connectivity index (χ0n) is 10.1. The Kier molecular flexibility index (Phi) is 2.61. The van der Waals surface area contributed by atoms with Crippen LogP contribution in [0.4, 0.5) is 0 Å². The van der Waals surface area contributed by atoms with Gasteiger partial charge in [-0.15, -0.1) is 5.10 Å². The summed E-state index contributed by atoms with van der Waals surface area (Å²) in [4.78, 5) is 18.5. The van der Waals surface area contributed by atoms with Gasteiger partial charge in [0, 0.05) is 18.5 Å². The quantitative estimate of drug-likeness (QED) is 0.843. The van der Waals surface area contributed by atoms with E-state index >= 15 is 0 Å². The van der Waals surface area contributed by atoms with Crippen molar-refractivity contribution in [2.24, 2.45) is 0 Å². The van der Waals surface area contributed by atoms with E-state index in [0.717, 1.165) is 31.6 Å². The van der Waals surface area contributed by atoms with Gasteiger partial charge in [-0.1, -0.05) is 6.92 Å². The monoisotopic (exact) mass is 234 g/mol. The van der Waals surface area contributed by atoms with Crippen LogP contribution in [0.2, 0.25) is 0 Å². The predicted molar refractivity (Wildman–Crippen MR) is 62.7 cm³/mol. The van der Waals surface area contributed by atoms with Crippen molar-refractivity contribution in [2.45, 2.75) is 51.0 Å². The molecule has 0 aromatic carbocycles. The molecular weight excluding hydrogens is 216 g/mol. The third kappa shape index (κ3) is 2.18. The molecule has 17 heavy (non-hydrogen) atoms. The van der Waals surface area contributed by atoms with Gasteiger partial charge in [0.25, 0.3) is 5.91 Å². The van der Waals surface area contributed by atoms with E-state index in [4.69, 9.17) is 0 Å². The highest BCUT2D eigenvalue weighted by Crippen LogP contribution is 2.38. The summed E-state index contributed by atoms with van der Waals surface area (Å²) in [5.74, 6) is 1.76. The average Bonchev–Trinajstić information content (AvgIpc) is 3.25. The zero-order chi connectivity index (χ0) is 11.8. The lowest BCUT2D eigenvalue weighted by atomic mass is 10.3. The summed E-state index contributed by atoms with van der Waals surface area (Å²) in [6.07, 6.45) is 5.59. The molecule has 5 heteroatoms. The van der Waals surface area contributed by atoms with Crippen LogP contribution in [0.25, 0.3) is 0 Å². The minimum absolute atomic E-state index is 0.00231. The Morgan fingerprint density at radius 3 is 2.76 bits per heavy atom. The number of rotatable bonds is 5. The number of aromatic nitrogens is 3. The highest BCUT2D eigenvalue weighted by atomic mass is 16.2. The number of nitrogens with zero attached hydrogens (tertiary/aromatic N) is 3. The molecule has 0 bridgehead atoms. The molecule has 2 fully saturated rings. The van der Waals surface area contributed by atoms with Crippen molar-refractivity contribution in [1.29, 1.82) is 0 Å². The number of amides is 1. The molecule has 2 aliphatic rings. The molecule has 0 atom stereocenters. The van der Waals surface area contributed by atoms with Gasteiger partial charge in [-0.25, -0.2) is 4.98 Å². The average molecular weight is 234 g/mol. The van der Waals surface area contributed by atoms with Crippen molar-refractivity contribution in [3.63, 3.8) is 0 Å². The summed E-state index contributed by atoms with van der Waals surface area (Å²) < 4.78 is 0. The van der Waals surface area contributed by atoms with E-state index in [1.807, 2.05) is 4.90 Å². The first-order valence-corrected chi connectivity index (χ1v) is 6.53. The number of hydrogen-bond acceptors (Lipinski definition) is 3. The van der Waals surface area contributed by atoms with E-state index < -0.39 is 0 Å². The number of aromatic amines is 1. The second-order valence-corrected chi connectivity index (χ2v) is 5.05. The fourth-order valence-corrected chi connectivity index (χ4v) is 2.11. The van der Waals surface area contributed by atoms with E-state index in [0.29, 0.717) is 17.8 Å². The van der Waals surface area contributed by atoms with Crippen LogP contribution >= 0.6 is 0 Å². The fraction of sp³-hybridized carbons (Fsp3) is 0.750. The summed E-state index contributed by atoms with van der Waals surface area (Å²) in [5.41, 5.74) is 0. The second-order valence-electron chi connectivity index (χ2n) is 5.05. The molecule has 0 spiro atoms. The van der Waals surface area contributed by atoms with Crippen molar-refractivity contribution in [3.05, 3.63) is 11.6 Å². The third-order valence-electron chi connectivity index (χ3n) is 3.37. The molecule has 1 N–H and O–H groups in total.